The van der Waals surface area contributed by atoms with Crippen molar-refractivity contribution in [3.05, 3.63) is 46.1 Å². The molecule has 1 aromatic carbocycles. The maximum absolute atomic E-state index is 12.9. The Balaban J connectivity index is 1.54. The lowest BCUT2D eigenvalue weighted by molar-refractivity contribution is -0.119. The highest BCUT2D eigenvalue weighted by Crippen LogP contribution is 2.38. The fourth-order valence-corrected chi connectivity index (χ4v) is 4.51. The van der Waals surface area contributed by atoms with Gasteiger partial charge in [-0.3, -0.25) is 19.3 Å². The minimum atomic E-state index is -0.540. The minimum Gasteiger partial charge on any atom is -0.365 e. The van der Waals surface area contributed by atoms with E-state index in [4.69, 9.17) is 5.73 Å². The average Bonchev–Trinajstić information content (AvgIpc) is 3.16. The van der Waals surface area contributed by atoms with E-state index in [-0.39, 0.29) is 30.7 Å². The van der Waals surface area contributed by atoms with Crippen LogP contribution in [-0.4, -0.2) is 42.8 Å². The Bertz CT molecular complexity index is 911. The van der Waals surface area contributed by atoms with Gasteiger partial charge in [-0.2, -0.15) is 0 Å². The molecule has 0 bridgehead atoms. The van der Waals surface area contributed by atoms with Crippen LogP contribution in [0.15, 0.2) is 24.3 Å². The normalized spacial score (nSPS) is 12.7. The topological polar surface area (TPSA) is 105 Å². The Hall–Kier alpha value is -2.78. The van der Waals surface area contributed by atoms with Crippen molar-refractivity contribution in [3.63, 3.8) is 0 Å². The highest BCUT2D eigenvalue weighted by Gasteiger charge is 2.26. The zero-order valence-corrected chi connectivity index (χ0v) is 16.2. The zero-order chi connectivity index (χ0) is 20.3. The number of fused-ring (bicyclic) bond motifs is 1. The SMILES string of the molecule is CN(CC(=O)Nc1ccc(F)cc1)CC(=O)Nc1sc2c(c1C(N)=O)CCC2. The van der Waals surface area contributed by atoms with Crippen LogP contribution in [0.25, 0.3) is 0 Å². The summed E-state index contributed by atoms with van der Waals surface area (Å²) in [6.07, 6.45) is 2.67. The second kappa shape index (κ2) is 8.49. The first-order valence-electron chi connectivity index (χ1n) is 8.81. The Morgan fingerprint density at radius 1 is 1.11 bits per heavy atom. The summed E-state index contributed by atoms with van der Waals surface area (Å²) in [7, 11) is 1.63. The van der Waals surface area contributed by atoms with Crippen molar-refractivity contribution in [2.45, 2.75) is 19.3 Å². The Morgan fingerprint density at radius 2 is 1.75 bits per heavy atom. The quantitative estimate of drug-likeness (QED) is 0.656. The summed E-state index contributed by atoms with van der Waals surface area (Å²) in [5.74, 6) is -1.59. The van der Waals surface area contributed by atoms with Gasteiger partial charge in [-0.15, -0.1) is 11.3 Å². The van der Waals surface area contributed by atoms with E-state index < -0.39 is 5.91 Å². The number of nitrogens with one attached hydrogen (secondary N) is 2. The number of nitrogens with zero attached hydrogens (tertiary/aromatic N) is 1. The number of aryl methyl sites for hydroxylation is 1. The summed E-state index contributed by atoms with van der Waals surface area (Å²) >= 11 is 1.39. The third kappa shape index (κ3) is 4.73. The Labute approximate surface area is 165 Å². The van der Waals surface area contributed by atoms with Crippen molar-refractivity contribution in [1.82, 2.24) is 4.90 Å². The first-order valence-corrected chi connectivity index (χ1v) is 9.63. The predicted molar refractivity (Wildman–Crippen MR) is 106 cm³/mol. The van der Waals surface area contributed by atoms with Crippen molar-refractivity contribution in [2.75, 3.05) is 30.8 Å². The van der Waals surface area contributed by atoms with Gasteiger partial charge in [0.1, 0.15) is 10.8 Å². The van der Waals surface area contributed by atoms with E-state index in [2.05, 4.69) is 10.6 Å². The summed E-state index contributed by atoms with van der Waals surface area (Å²) < 4.78 is 12.9. The third-order valence-corrected chi connectivity index (χ3v) is 5.58. The largest absolute Gasteiger partial charge is 0.365 e. The number of carbonyl (C=O) groups excluding carboxylic acids is 3. The summed E-state index contributed by atoms with van der Waals surface area (Å²) in [4.78, 5) is 38.8. The van der Waals surface area contributed by atoms with Gasteiger partial charge in [0.05, 0.1) is 18.7 Å². The molecule has 0 unspecified atom stereocenters. The molecule has 0 atom stereocenters. The van der Waals surface area contributed by atoms with Crippen LogP contribution in [0.3, 0.4) is 0 Å². The van der Waals surface area contributed by atoms with Crippen LogP contribution < -0.4 is 16.4 Å². The van der Waals surface area contributed by atoms with Crippen LogP contribution in [0.1, 0.15) is 27.2 Å². The molecule has 4 N–H and O–H groups in total. The molecule has 0 saturated carbocycles. The number of halogens is 1. The molecule has 3 amide bonds. The van der Waals surface area contributed by atoms with Crippen molar-refractivity contribution >= 4 is 39.7 Å². The van der Waals surface area contributed by atoms with E-state index in [0.29, 0.717) is 16.3 Å². The number of primary amides is 1. The maximum atomic E-state index is 12.9. The number of nitrogens with two attached hydrogens (primary N) is 1. The van der Waals surface area contributed by atoms with Gasteiger partial charge in [0, 0.05) is 10.6 Å². The van der Waals surface area contributed by atoms with Crippen LogP contribution in [-0.2, 0) is 22.4 Å². The highest BCUT2D eigenvalue weighted by molar-refractivity contribution is 7.17. The first-order chi connectivity index (χ1) is 13.3. The van der Waals surface area contributed by atoms with Crippen LogP contribution in [0.5, 0.6) is 0 Å². The average molecular weight is 404 g/mol. The Kier molecular flexibility index (Phi) is 6.05. The number of hydrogen-bond donors (Lipinski definition) is 3. The summed E-state index contributed by atoms with van der Waals surface area (Å²) in [5.41, 5.74) is 7.31. The number of benzene rings is 1. The van der Waals surface area contributed by atoms with E-state index in [9.17, 15) is 18.8 Å². The number of amides is 3. The lowest BCUT2D eigenvalue weighted by Gasteiger charge is -2.16. The molecule has 3 rings (SSSR count). The summed E-state index contributed by atoms with van der Waals surface area (Å²) in [6.45, 7) is -0.0496. The van der Waals surface area contributed by atoms with Crippen LogP contribution in [0.4, 0.5) is 15.1 Å². The molecule has 0 radical (unpaired) electrons. The van der Waals surface area contributed by atoms with Crippen LogP contribution >= 0.6 is 11.3 Å². The van der Waals surface area contributed by atoms with Crippen LogP contribution in [0, 0.1) is 5.82 Å². The molecular formula is C19H21FN4O3S. The highest BCUT2D eigenvalue weighted by atomic mass is 32.1. The monoisotopic (exact) mass is 404 g/mol. The molecule has 7 nitrogen and oxygen atoms in total. The van der Waals surface area contributed by atoms with E-state index in [1.54, 1.807) is 11.9 Å². The first kappa shape index (κ1) is 20.0. The standard InChI is InChI=1S/C19H21FN4O3S/c1-24(9-15(25)22-12-7-5-11(20)6-8-12)10-16(26)23-19-17(18(21)27)13-3-2-4-14(13)28-19/h5-8H,2-4,9-10H2,1H3,(H2,21,27)(H,22,25)(H,23,26). The van der Waals surface area contributed by atoms with E-state index in [0.717, 1.165) is 29.7 Å². The van der Waals surface area contributed by atoms with Gasteiger partial charge in [-0.05, 0) is 56.1 Å². The fraction of sp³-hybridized carbons (Fsp3) is 0.316. The molecule has 9 heteroatoms. The minimum absolute atomic E-state index is 0.0194. The molecule has 1 aromatic heterocycles. The lowest BCUT2D eigenvalue weighted by Crippen LogP contribution is -2.36. The number of carbonyl (C=O) groups is 3. The number of thiophene rings is 1. The second-order valence-corrected chi connectivity index (χ2v) is 7.81. The molecule has 1 heterocycles. The van der Waals surface area contributed by atoms with Crippen molar-refractivity contribution in [2.24, 2.45) is 5.73 Å². The molecule has 1 aliphatic rings. The van der Waals surface area contributed by atoms with E-state index >= 15 is 0 Å². The van der Waals surface area contributed by atoms with E-state index in [1.807, 2.05) is 0 Å². The van der Waals surface area contributed by atoms with Gasteiger partial charge < -0.3 is 16.4 Å². The molecule has 2 aromatic rings. The van der Waals surface area contributed by atoms with Gasteiger partial charge in [0.15, 0.2) is 0 Å². The fourth-order valence-electron chi connectivity index (χ4n) is 3.20. The molecule has 148 valence electrons. The van der Waals surface area contributed by atoms with Gasteiger partial charge in [-0.25, -0.2) is 4.39 Å². The smallest absolute Gasteiger partial charge is 0.251 e. The molecule has 0 fully saturated rings. The molecule has 0 saturated heterocycles. The molecular weight excluding hydrogens is 383 g/mol. The third-order valence-electron chi connectivity index (χ3n) is 4.38. The molecule has 0 spiro atoms. The van der Waals surface area contributed by atoms with Crippen molar-refractivity contribution in [1.29, 1.82) is 0 Å². The predicted octanol–water partition coefficient (Wildman–Crippen LogP) is 1.98. The van der Waals surface area contributed by atoms with Gasteiger partial charge >= 0.3 is 0 Å². The Morgan fingerprint density at radius 3 is 2.39 bits per heavy atom. The lowest BCUT2D eigenvalue weighted by atomic mass is 10.1. The number of anilines is 2. The van der Waals surface area contributed by atoms with Gasteiger partial charge in [0.2, 0.25) is 11.8 Å². The summed E-state index contributed by atoms with van der Waals surface area (Å²) in [5, 5.41) is 5.86. The second-order valence-electron chi connectivity index (χ2n) is 6.70. The molecule has 1 aliphatic carbocycles. The van der Waals surface area contributed by atoms with Gasteiger partial charge in [0.25, 0.3) is 5.91 Å². The van der Waals surface area contributed by atoms with Crippen molar-refractivity contribution in [3.8, 4) is 0 Å². The van der Waals surface area contributed by atoms with Crippen molar-refractivity contribution < 1.29 is 18.8 Å². The zero-order valence-electron chi connectivity index (χ0n) is 15.4. The van der Waals surface area contributed by atoms with E-state index in [1.165, 1.54) is 35.6 Å². The molecule has 28 heavy (non-hydrogen) atoms. The maximum Gasteiger partial charge on any atom is 0.251 e. The number of likely N-dealkylation sites (N-methyl/N-ethyl adjacent to an activating group) is 1. The number of rotatable bonds is 7. The van der Waals surface area contributed by atoms with Crippen LogP contribution in [0.2, 0.25) is 0 Å². The summed E-state index contributed by atoms with van der Waals surface area (Å²) in [6, 6.07) is 5.42. The molecule has 0 aliphatic heterocycles. The number of hydrogen-bond acceptors (Lipinski definition) is 5. The van der Waals surface area contributed by atoms with Gasteiger partial charge in [-0.1, -0.05) is 0 Å².